The van der Waals surface area contributed by atoms with Gasteiger partial charge in [0.05, 0.1) is 4.90 Å². The van der Waals surface area contributed by atoms with E-state index in [-0.39, 0.29) is 10.8 Å². The quantitative estimate of drug-likeness (QED) is 0.800. The Balaban J connectivity index is 2.33. The highest BCUT2D eigenvalue weighted by Gasteiger charge is 2.35. The summed E-state index contributed by atoms with van der Waals surface area (Å²) in [5.41, 5.74) is 0.741. The van der Waals surface area contributed by atoms with Gasteiger partial charge in [0.1, 0.15) is 0 Å². The Morgan fingerprint density at radius 1 is 1.26 bits per heavy atom. The average molecular weight is 322 g/mol. The summed E-state index contributed by atoms with van der Waals surface area (Å²) in [5, 5.41) is 0.399. The van der Waals surface area contributed by atoms with Crippen LogP contribution in [0.4, 0.5) is 0 Å². The molecule has 1 aromatic carbocycles. The van der Waals surface area contributed by atoms with Gasteiger partial charge in [-0.25, -0.2) is 8.42 Å². The highest BCUT2D eigenvalue weighted by atomic mass is 35.5. The third kappa shape index (κ3) is 2.92. The summed E-state index contributed by atoms with van der Waals surface area (Å²) in [5.74, 6) is 1.04. The summed E-state index contributed by atoms with van der Waals surface area (Å²) in [7, 11) is -3.45. The summed E-state index contributed by atoms with van der Waals surface area (Å²) in [6.45, 7) is 5.28. The largest absolute Gasteiger partial charge is 0.243 e. The zero-order valence-electron chi connectivity index (χ0n) is 10.9. The topological polar surface area (TPSA) is 37.4 Å². The van der Waals surface area contributed by atoms with Crippen LogP contribution < -0.4 is 0 Å². The van der Waals surface area contributed by atoms with Gasteiger partial charge in [-0.05, 0) is 29.5 Å². The third-order valence-corrected chi connectivity index (χ3v) is 6.23. The Bertz CT molecular complexity index is 564. The number of nitrogens with zero attached hydrogens (tertiary/aromatic N) is 1. The van der Waals surface area contributed by atoms with Crippen LogP contribution in [0.15, 0.2) is 23.1 Å². The lowest BCUT2D eigenvalue weighted by atomic mass is 10.0. The molecule has 0 N–H and O–H groups in total. The summed E-state index contributed by atoms with van der Waals surface area (Å²) in [4.78, 5) is 0.243. The standard InChI is InChI=1S/C13H17Cl2NO2S/c1-9-7-16(8-10(9)2)19(17,18)12-4-3-11(6-14)13(15)5-12/h3-5,9-10H,6-8H2,1-2H3. The van der Waals surface area contributed by atoms with E-state index in [2.05, 4.69) is 13.8 Å². The molecule has 1 aromatic rings. The van der Waals surface area contributed by atoms with Crippen molar-refractivity contribution in [2.24, 2.45) is 11.8 Å². The molecule has 0 aromatic heterocycles. The number of halogens is 2. The van der Waals surface area contributed by atoms with Gasteiger partial charge in [-0.2, -0.15) is 4.31 Å². The minimum Gasteiger partial charge on any atom is -0.207 e. The second-order valence-corrected chi connectivity index (χ2v) is 7.78. The first-order valence-corrected chi connectivity index (χ1v) is 8.56. The SMILES string of the molecule is CC1CN(S(=O)(=O)c2ccc(CCl)c(Cl)c2)CC1C. The van der Waals surface area contributed by atoms with Gasteiger partial charge in [-0.3, -0.25) is 0 Å². The molecule has 2 unspecified atom stereocenters. The van der Waals surface area contributed by atoms with E-state index in [1.54, 1.807) is 12.1 Å². The number of rotatable bonds is 3. The lowest BCUT2D eigenvalue weighted by Gasteiger charge is -2.16. The van der Waals surface area contributed by atoms with Crippen LogP contribution in [0.1, 0.15) is 19.4 Å². The first-order chi connectivity index (χ1) is 8.86. The lowest BCUT2D eigenvalue weighted by Crippen LogP contribution is -2.29. The molecule has 2 atom stereocenters. The molecular weight excluding hydrogens is 305 g/mol. The fourth-order valence-electron chi connectivity index (χ4n) is 2.22. The smallest absolute Gasteiger partial charge is 0.207 e. The average Bonchev–Trinajstić information content (AvgIpc) is 2.70. The molecule has 19 heavy (non-hydrogen) atoms. The van der Waals surface area contributed by atoms with E-state index < -0.39 is 10.0 Å². The zero-order valence-corrected chi connectivity index (χ0v) is 13.3. The van der Waals surface area contributed by atoms with Gasteiger partial charge in [0.2, 0.25) is 10.0 Å². The third-order valence-electron chi connectivity index (χ3n) is 3.76. The number of hydrogen-bond acceptors (Lipinski definition) is 2. The minimum atomic E-state index is -3.45. The Kier molecular flexibility index (Phi) is 4.45. The van der Waals surface area contributed by atoms with Gasteiger partial charge in [0, 0.05) is 24.0 Å². The molecule has 2 rings (SSSR count). The van der Waals surface area contributed by atoms with Crippen LogP contribution in [0.2, 0.25) is 5.02 Å². The molecule has 3 nitrogen and oxygen atoms in total. The maximum absolute atomic E-state index is 12.5. The second kappa shape index (κ2) is 5.60. The number of benzene rings is 1. The van der Waals surface area contributed by atoms with E-state index in [1.807, 2.05) is 0 Å². The van der Waals surface area contributed by atoms with E-state index in [0.29, 0.717) is 29.9 Å². The van der Waals surface area contributed by atoms with Crippen molar-refractivity contribution in [3.8, 4) is 0 Å². The van der Waals surface area contributed by atoms with Gasteiger partial charge in [0.15, 0.2) is 0 Å². The number of hydrogen-bond donors (Lipinski definition) is 0. The van der Waals surface area contributed by atoms with E-state index in [0.717, 1.165) is 5.56 Å². The molecule has 6 heteroatoms. The zero-order chi connectivity index (χ0) is 14.2. The predicted octanol–water partition coefficient (Wildman–Crippen LogP) is 3.36. The summed E-state index contributed by atoms with van der Waals surface area (Å²) in [6, 6.07) is 4.74. The van der Waals surface area contributed by atoms with Crippen LogP contribution in [-0.4, -0.2) is 25.8 Å². The normalized spacial score (nSPS) is 24.8. The highest BCUT2D eigenvalue weighted by molar-refractivity contribution is 7.89. The van der Waals surface area contributed by atoms with Crippen molar-refractivity contribution in [2.45, 2.75) is 24.6 Å². The summed E-state index contributed by atoms with van der Waals surface area (Å²) >= 11 is 11.8. The molecule has 0 spiro atoms. The first kappa shape index (κ1) is 15.1. The molecule has 0 bridgehead atoms. The molecule has 0 aliphatic carbocycles. The Morgan fingerprint density at radius 3 is 2.32 bits per heavy atom. The van der Waals surface area contributed by atoms with Crippen LogP contribution in [0.25, 0.3) is 0 Å². The molecule has 1 heterocycles. The number of sulfonamides is 1. The van der Waals surface area contributed by atoms with Crippen molar-refractivity contribution >= 4 is 33.2 Å². The Morgan fingerprint density at radius 2 is 1.84 bits per heavy atom. The molecule has 0 saturated carbocycles. The van der Waals surface area contributed by atoms with E-state index >= 15 is 0 Å². The lowest BCUT2D eigenvalue weighted by molar-refractivity contribution is 0.463. The second-order valence-electron chi connectivity index (χ2n) is 5.16. The fourth-order valence-corrected chi connectivity index (χ4v) is 4.50. The summed E-state index contributed by atoms with van der Waals surface area (Å²) < 4.78 is 26.6. The van der Waals surface area contributed by atoms with Crippen LogP contribution in [0, 0.1) is 11.8 Å². The monoisotopic (exact) mass is 321 g/mol. The molecule has 0 radical (unpaired) electrons. The van der Waals surface area contributed by atoms with Crippen LogP contribution in [0.5, 0.6) is 0 Å². The maximum atomic E-state index is 12.5. The van der Waals surface area contributed by atoms with Gasteiger partial charge in [-0.15, -0.1) is 11.6 Å². The molecule has 106 valence electrons. The van der Waals surface area contributed by atoms with Crippen LogP contribution >= 0.6 is 23.2 Å². The molecule has 1 fully saturated rings. The van der Waals surface area contributed by atoms with Crippen molar-refractivity contribution < 1.29 is 8.42 Å². The summed E-state index contributed by atoms with van der Waals surface area (Å²) in [6.07, 6.45) is 0. The van der Waals surface area contributed by atoms with Crippen molar-refractivity contribution in [2.75, 3.05) is 13.1 Å². The van der Waals surface area contributed by atoms with Crippen molar-refractivity contribution in [1.82, 2.24) is 4.31 Å². The van der Waals surface area contributed by atoms with E-state index in [4.69, 9.17) is 23.2 Å². The Hall–Kier alpha value is -0.290. The van der Waals surface area contributed by atoms with Gasteiger partial charge in [0.25, 0.3) is 0 Å². The maximum Gasteiger partial charge on any atom is 0.243 e. The molecule has 1 aliphatic heterocycles. The Labute approximate surface area is 124 Å². The van der Waals surface area contributed by atoms with E-state index in [1.165, 1.54) is 10.4 Å². The van der Waals surface area contributed by atoms with E-state index in [9.17, 15) is 8.42 Å². The molecule has 1 saturated heterocycles. The van der Waals surface area contributed by atoms with Crippen LogP contribution in [-0.2, 0) is 15.9 Å². The molecule has 1 aliphatic rings. The highest BCUT2D eigenvalue weighted by Crippen LogP contribution is 2.30. The van der Waals surface area contributed by atoms with Crippen LogP contribution in [0.3, 0.4) is 0 Å². The fraction of sp³-hybridized carbons (Fsp3) is 0.538. The van der Waals surface area contributed by atoms with Gasteiger partial charge >= 0.3 is 0 Å². The van der Waals surface area contributed by atoms with Gasteiger partial charge < -0.3 is 0 Å². The minimum absolute atomic E-state index is 0.243. The number of alkyl halides is 1. The van der Waals surface area contributed by atoms with Gasteiger partial charge in [-0.1, -0.05) is 31.5 Å². The first-order valence-electron chi connectivity index (χ1n) is 6.20. The van der Waals surface area contributed by atoms with Crippen molar-refractivity contribution in [3.05, 3.63) is 28.8 Å². The predicted molar refractivity (Wildman–Crippen MR) is 78.1 cm³/mol. The molecular formula is C13H17Cl2NO2S. The van der Waals surface area contributed by atoms with Crippen molar-refractivity contribution in [1.29, 1.82) is 0 Å². The molecule has 0 amide bonds. The van der Waals surface area contributed by atoms with Crippen molar-refractivity contribution in [3.63, 3.8) is 0 Å².